The van der Waals surface area contributed by atoms with E-state index in [9.17, 15) is 0 Å². The molecule has 0 amide bonds. The van der Waals surface area contributed by atoms with Gasteiger partial charge >= 0.3 is 0 Å². The Morgan fingerprint density at radius 2 is 1.04 bits per heavy atom. The van der Waals surface area contributed by atoms with E-state index in [1.54, 1.807) is 0 Å². The summed E-state index contributed by atoms with van der Waals surface area (Å²) in [6.07, 6.45) is 0. The molecule has 5 heteroatoms. The second kappa shape index (κ2) is 12.7. The maximum Gasteiger partial charge on any atom is 0.154 e. The van der Waals surface area contributed by atoms with Crippen LogP contribution in [0.4, 0.5) is 0 Å². The number of thiophene rings is 1. The summed E-state index contributed by atoms with van der Waals surface area (Å²) in [7, 11) is 0. The molecular formula is C48H32N4S. The standard InChI is InChI=1S/C48H32N4S/c49-47(33-19-9-3-10-20-33)50-48(34-21-11-4-12-22-34)51-52-41-27-25-35(31-15-5-1-6-16-31)29-39(41)44-45(52)38-24-14-13-23-37(38)43-40-30-36(32-17-7-2-8-18-32)26-28-42(40)53-46(43)44/h1-30H,(H2,49,50,51). The second-order valence-electron chi connectivity index (χ2n) is 13.2. The molecule has 0 aliphatic heterocycles. The van der Waals surface area contributed by atoms with Crippen LogP contribution in [-0.2, 0) is 0 Å². The maximum absolute atomic E-state index is 9.03. The molecule has 0 unspecified atom stereocenters. The Morgan fingerprint density at radius 1 is 0.491 bits per heavy atom. The minimum absolute atomic E-state index is 0.190. The number of amidine groups is 2. The minimum Gasteiger partial charge on any atom is -0.282 e. The van der Waals surface area contributed by atoms with Crippen molar-refractivity contribution >= 4 is 75.8 Å². The van der Waals surface area contributed by atoms with Gasteiger partial charge in [-0.05, 0) is 51.9 Å². The van der Waals surface area contributed by atoms with Gasteiger partial charge in [0.1, 0.15) is 0 Å². The molecule has 0 aliphatic rings. The SMILES string of the molecule is N=C(N=C(Nn1c2ccc(-c3ccccc3)cc2c2c3sc4ccc(-c5ccccc5)cc4c3c3ccccc3c21)c1ccccc1)c1ccccc1. The van der Waals surface area contributed by atoms with Crippen LogP contribution in [0.2, 0.25) is 0 Å². The monoisotopic (exact) mass is 696 g/mol. The summed E-state index contributed by atoms with van der Waals surface area (Å²) in [5.41, 5.74) is 12.3. The highest BCUT2D eigenvalue weighted by atomic mass is 32.1. The average molecular weight is 697 g/mol. The van der Waals surface area contributed by atoms with Gasteiger partial charge in [0.05, 0.1) is 11.0 Å². The molecule has 4 nitrogen and oxygen atoms in total. The van der Waals surface area contributed by atoms with Crippen molar-refractivity contribution < 1.29 is 0 Å². The highest BCUT2D eigenvalue weighted by molar-refractivity contribution is 7.27. The Morgan fingerprint density at radius 3 is 1.70 bits per heavy atom. The molecular weight excluding hydrogens is 665 g/mol. The fourth-order valence-corrected chi connectivity index (χ4v) is 8.85. The van der Waals surface area contributed by atoms with E-state index in [1.165, 1.54) is 47.6 Å². The van der Waals surface area contributed by atoms with Crippen molar-refractivity contribution in [3.05, 3.63) is 193 Å². The van der Waals surface area contributed by atoms with Crippen LogP contribution in [0.15, 0.2) is 187 Å². The normalized spacial score (nSPS) is 12.0. The zero-order valence-corrected chi connectivity index (χ0v) is 29.4. The summed E-state index contributed by atoms with van der Waals surface area (Å²) < 4.78 is 4.71. The van der Waals surface area contributed by atoms with E-state index in [0.717, 1.165) is 38.5 Å². The van der Waals surface area contributed by atoms with E-state index in [4.69, 9.17) is 10.4 Å². The average Bonchev–Trinajstić information content (AvgIpc) is 3.77. The van der Waals surface area contributed by atoms with Crippen molar-refractivity contribution in [3.63, 3.8) is 0 Å². The molecule has 8 aromatic carbocycles. The number of nitrogens with one attached hydrogen (secondary N) is 2. The molecule has 250 valence electrons. The quantitative estimate of drug-likeness (QED) is 0.137. The predicted molar refractivity (Wildman–Crippen MR) is 226 cm³/mol. The number of benzene rings is 8. The lowest BCUT2D eigenvalue weighted by Gasteiger charge is -2.16. The number of hydrogen-bond donors (Lipinski definition) is 2. The molecule has 10 rings (SSSR count). The van der Waals surface area contributed by atoms with Gasteiger partial charge in [-0.25, -0.2) is 4.99 Å². The summed E-state index contributed by atoms with van der Waals surface area (Å²) in [4.78, 5) is 4.96. The molecule has 0 saturated heterocycles. The first-order valence-corrected chi connectivity index (χ1v) is 18.5. The third kappa shape index (κ3) is 5.29. The fraction of sp³-hybridized carbons (Fsp3) is 0. The maximum atomic E-state index is 9.03. The van der Waals surface area contributed by atoms with Crippen LogP contribution < -0.4 is 5.43 Å². The number of nitrogens with zero attached hydrogens (tertiary/aromatic N) is 2. The number of hydrogen-bond acceptors (Lipinski definition) is 2. The second-order valence-corrected chi connectivity index (χ2v) is 14.3. The van der Waals surface area contributed by atoms with Gasteiger partial charge in [0.25, 0.3) is 0 Å². The third-order valence-corrected chi connectivity index (χ3v) is 11.3. The number of aliphatic imine (C=N–C) groups is 1. The zero-order chi connectivity index (χ0) is 35.3. The van der Waals surface area contributed by atoms with E-state index >= 15 is 0 Å². The van der Waals surface area contributed by atoms with Crippen LogP contribution in [0.3, 0.4) is 0 Å². The summed E-state index contributed by atoms with van der Waals surface area (Å²) in [6.45, 7) is 0. The molecule has 10 aromatic rings. The molecule has 0 radical (unpaired) electrons. The highest BCUT2D eigenvalue weighted by Gasteiger charge is 2.23. The molecule has 0 bridgehead atoms. The Bertz CT molecular complexity index is 3020. The van der Waals surface area contributed by atoms with E-state index < -0.39 is 0 Å². The van der Waals surface area contributed by atoms with Crippen molar-refractivity contribution in [1.82, 2.24) is 4.68 Å². The van der Waals surface area contributed by atoms with Crippen LogP contribution in [0.25, 0.3) is 75.0 Å². The van der Waals surface area contributed by atoms with Gasteiger partial charge < -0.3 is 0 Å². The highest BCUT2D eigenvalue weighted by Crippen LogP contribution is 2.48. The number of fused-ring (bicyclic) bond motifs is 10. The zero-order valence-electron chi connectivity index (χ0n) is 28.6. The summed E-state index contributed by atoms with van der Waals surface area (Å²) >= 11 is 1.86. The van der Waals surface area contributed by atoms with Crippen LogP contribution in [-0.4, -0.2) is 16.3 Å². The molecule has 53 heavy (non-hydrogen) atoms. The van der Waals surface area contributed by atoms with Gasteiger partial charge in [-0.3, -0.25) is 15.5 Å². The summed E-state index contributed by atoms with van der Waals surface area (Å²) in [6, 6.07) is 63.4. The third-order valence-electron chi connectivity index (χ3n) is 10.1. The molecule has 2 heterocycles. The van der Waals surface area contributed by atoms with E-state index in [1.807, 2.05) is 72.0 Å². The molecule has 2 aromatic heterocycles. The Hall–Kier alpha value is -6.82. The van der Waals surface area contributed by atoms with Gasteiger partial charge in [-0.2, -0.15) is 0 Å². The van der Waals surface area contributed by atoms with Crippen molar-refractivity contribution in [3.8, 4) is 22.3 Å². The van der Waals surface area contributed by atoms with Crippen LogP contribution >= 0.6 is 11.3 Å². The first-order chi connectivity index (χ1) is 26.2. The van der Waals surface area contributed by atoms with Gasteiger partial charge in [0, 0.05) is 47.5 Å². The molecule has 2 N–H and O–H groups in total. The Kier molecular flexibility index (Phi) is 7.45. The molecule has 0 atom stereocenters. The number of rotatable bonds is 5. The summed E-state index contributed by atoms with van der Waals surface area (Å²) in [5, 5.41) is 16.3. The van der Waals surface area contributed by atoms with Crippen molar-refractivity contribution in [1.29, 1.82) is 5.41 Å². The lowest BCUT2D eigenvalue weighted by molar-refractivity contribution is 1.08. The lowest BCUT2D eigenvalue weighted by Crippen LogP contribution is -2.25. The molecule has 0 spiro atoms. The topological polar surface area (TPSA) is 53.2 Å². The summed E-state index contributed by atoms with van der Waals surface area (Å²) in [5.74, 6) is 0.786. The van der Waals surface area contributed by atoms with E-state index in [-0.39, 0.29) is 5.84 Å². The lowest BCUT2D eigenvalue weighted by atomic mass is 9.97. The Balaban J connectivity index is 1.30. The van der Waals surface area contributed by atoms with Gasteiger partial charge in [-0.1, -0.05) is 158 Å². The molecule has 0 saturated carbocycles. The minimum atomic E-state index is 0.190. The predicted octanol–water partition coefficient (Wildman–Crippen LogP) is 12.7. The largest absolute Gasteiger partial charge is 0.282 e. The van der Waals surface area contributed by atoms with Crippen molar-refractivity contribution in [2.45, 2.75) is 0 Å². The first-order valence-electron chi connectivity index (χ1n) is 17.7. The van der Waals surface area contributed by atoms with E-state index in [0.29, 0.717) is 5.84 Å². The number of aromatic nitrogens is 1. The van der Waals surface area contributed by atoms with Crippen LogP contribution in [0, 0.1) is 5.41 Å². The van der Waals surface area contributed by atoms with Gasteiger partial charge in [0.2, 0.25) is 0 Å². The fourth-order valence-electron chi connectivity index (χ4n) is 7.59. The first kappa shape index (κ1) is 31.0. The molecule has 0 aliphatic carbocycles. The van der Waals surface area contributed by atoms with Crippen LogP contribution in [0.5, 0.6) is 0 Å². The van der Waals surface area contributed by atoms with E-state index in [2.05, 4.69) is 131 Å². The Labute approximate surface area is 310 Å². The van der Waals surface area contributed by atoms with Crippen molar-refractivity contribution in [2.24, 2.45) is 4.99 Å². The van der Waals surface area contributed by atoms with Gasteiger partial charge in [0.15, 0.2) is 11.7 Å². The van der Waals surface area contributed by atoms with Crippen molar-refractivity contribution in [2.75, 3.05) is 5.43 Å². The van der Waals surface area contributed by atoms with Crippen LogP contribution in [0.1, 0.15) is 11.1 Å². The molecule has 0 fully saturated rings. The smallest absolute Gasteiger partial charge is 0.154 e. The van der Waals surface area contributed by atoms with Gasteiger partial charge in [-0.15, -0.1) is 11.3 Å².